The first-order valence-corrected chi connectivity index (χ1v) is 9.09. The third-order valence-corrected chi connectivity index (χ3v) is 5.60. The van der Waals surface area contributed by atoms with E-state index in [0.717, 1.165) is 24.2 Å². The first-order valence-electron chi connectivity index (χ1n) is 9.09. The SMILES string of the molecule is CCC(=O)N1CC[C@H]2[C@H](CO)Nc3ccc(-c4ccccc4)cc3[C@H]21. The van der Waals surface area contributed by atoms with Crippen LogP contribution in [0.3, 0.4) is 0 Å². The second kappa shape index (κ2) is 6.52. The number of fused-ring (bicyclic) bond motifs is 3. The largest absolute Gasteiger partial charge is 0.394 e. The van der Waals surface area contributed by atoms with E-state index >= 15 is 0 Å². The van der Waals surface area contributed by atoms with Crippen molar-refractivity contribution in [3.8, 4) is 11.1 Å². The van der Waals surface area contributed by atoms with Crippen LogP contribution in [0.15, 0.2) is 48.5 Å². The van der Waals surface area contributed by atoms with E-state index in [1.54, 1.807) is 0 Å². The third kappa shape index (κ3) is 2.71. The fraction of sp³-hybridized carbons (Fsp3) is 0.381. The lowest BCUT2D eigenvalue weighted by Crippen LogP contribution is -2.42. The lowest BCUT2D eigenvalue weighted by Gasteiger charge is -2.39. The van der Waals surface area contributed by atoms with Crippen molar-refractivity contribution in [2.24, 2.45) is 5.92 Å². The number of nitrogens with one attached hydrogen (secondary N) is 1. The predicted octanol–water partition coefficient (Wildman–Crippen LogP) is 3.44. The summed E-state index contributed by atoms with van der Waals surface area (Å²) in [6.45, 7) is 2.78. The fourth-order valence-corrected chi connectivity index (χ4v) is 4.36. The van der Waals surface area contributed by atoms with Gasteiger partial charge in [-0.1, -0.05) is 43.3 Å². The smallest absolute Gasteiger partial charge is 0.222 e. The molecule has 1 saturated heterocycles. The van der Waals surface area contributed by atoms with Gasteiger partial charge in [0, 0.05) is 24.6 Å². The maximum absolute atomic E-state index is 12.5. The Morgan fingerprint density at radius 3 is 2.72 bits per heavy atom. The Hall–Kier alpha value is -2.33. The molecule has 4 heteroatoms. The van der Waals surface area contributed by atoms with Crippen molar-refractivity contribution in [2.45, 2.75) is 31.8 Å². The number of amides is 1. The van der Waals surface area contributed by atoms with Crippen LogP contribution in [0.25, 0.3) is 11.1 Å². The minimum absolute atomic E-state index is 0.00901. The number of hydrogen-bond donors (Lipinski definition) is 2. The van der Waals surface area contributed by atoms with Gasteiger partial charge in [0.05, 0.1) is 18.7 Å². The van der Waals surface area contributed by atoms with E-state index < -0.39 is 0 Å². The van der Waals surface area contributed by atoms with Gasteiger partial charge in [0.2, 0.25) is 5.91 Å². The molecule has 130 valence electrons. The van der Waals surface area contributed by atoms with Gasteiger partial charge < -0.3 is 15.3 Å². The van der Waals surface area contributed by atoms with Crippen molar-refractivity contribution in [1.29, 1.82) is 0 Å². The van der Waals surface area contributed by atoms with Crippen LogP contribution in [0.1, 0.15) is 31.4 Å². The van der Waals surface area contributed by atoms with Gasteiger partial charge in [-0.3, -0.25) is 4.79 Å². The summed E-state index contributed by atoms with van der Waals surface area (Å²) in [5, 5.41) is 13.3. The first kappa shape index (κ1) is 16.2. The quantitative estimate of drug-likeness (QED) is 0.903. The van der Waals surface area contributed by atoms with Crippen molar-refractivity contribution < 1.29 is 9.90 Å². The zero-order valence-electron chi connectivity index (χ0n) is 14.5. The summed E-state index contributed by atoms with van der Waals surface area (Å²) in [7, 11) is 0. The van der Waals surface area contributed by atoms with Crippen LogP contribution >= 0.6 is 0 Å². The molecule has 0 aliphatic carbocycles. The van der Waals surface area contributed by atoms with Crippen LogP contribution in [-0.4, -0.2) is 35.1 Å². The van der Waals surface area contributed by atoms with E-state index in [1.165, 1.54) is 11.1 Å². The third-order valence-electron chi connectivity index (χ3n) is 5.60. The van der Waals surface area contributed by atoms with Gasteiger partial charge >= 0.3 is 0 Å². The fourth-order valence-electron chi connectivity index (χ4n) is 4.36. The predicted molar refractivity (Wildman–Crippen MR) is 99.2 cm³/mol. The number of anilines is 1. The zero-order valence-corrected chi connectivity index (χ0v) is 14.5. The molecule has 2 N–H and O–H groups in total. The van der Waals surface area contributed by atoms with Crippen LogP contribution in [0.2, 0.25) is 0 Å². The lowest BCUT2D eigenvalue weighted by molar-refractivity contribution is -0.132. The van der Waals surface area contributed by atoms with Gasteiger partial charge in [-0.2, -0.15) is 0 Å². The second-order valence-corrected chi connectivity index (χ2v) is 6.94. The summed E-state index contributed by atoms with van der Waals surface area (Å²) < 4.78 is 0. The average Bonchev–Trinajstić information content (AvgIpc) is 3.12. The molecule has 0 bridgehead atoms. The Morgan fingerprint density at radius 2 is 2.00 bits per heavy atom. The summed E-state index contributed by atoms with van der Waals surface area (Å²) in [5.74, 6) is 0.459. The molecule has 1 fully saturated rings. The number of aliphatic hydroxyl groups is 1. The minimum Gasteiger partial charge on any atom is -0.394 e. The van der Waals surface area contributed by atoms with E-state index in [2.05, 4.69) is 35.6 Å². The molecule has 2 aliphatic rings. The zero-order chi connectivity index (χ0) is 17.4. The van der Waals surface area contributed by atoms with E-state index in [0.29, 0.717) is 6.42 Å². The molecule has 25 heavy (non-hydrogen) atoms. The Labute approximate surface area is 148 Å². The number of carbonyl (C=O) groups is 1. The normalized spacial score (nSPS) is 24.4. The summed E-state index contributed by atoms with van der Waals surface area (Å²) >= 11 is 0. The van der Waals surface area contributed by atoms with Crippen LogP contribution in [0.5, 0.6) is 0 Å². The number of nitrogens with zero attached hydrogens (tertiary/aromatic N) is 1. The first-order chi connectivity index (χ1) is 12.2. The van der Waals surface area contributed by atoms with Crippen molar-refractivity contribution in [3.05, 3.63) is 54.1 Å². The van der Waals surface area contributed by atoms with Crippen molar-refractivity contribution in [2.75, 3.05) is 18.5 Å². The molecular formula is C21H24N2O2. The molecule has 0 unspecified atom stereocenters. The highest BCUT2D eigenvalue weighted by atomic mass is 16.3. The molecule has 0 radical (unpaired) electrons. The molecule has 2 aromatic rings. The minimum atomic E-state index is 0.00901. The Balaban J connectivity index is 1.79. The Bertz CT molecular complexity index is 775. The number of hydrogen-bond acceptors (Lipinski definition) is 3. The molecule has 4 nitrogen and oxygen atoms in total. The molecule has 0 spiro atoms. The second-order valence-electron chi connectivity index (χ2n) is 6.94. The van der Waals surface area contributed by atoms with Gasteiger partial charge in [0.1, 0.15) is 0 Å². The van der Waals surface area contributed by atoms with E-state index in [1.807, 2.05) is 30.0 Å². The molecule has 4 rings (SSSR count). The van der Waals surface area contributed by atoms with Crippen molar-refractivity contribution in [3.63, 3.8) is 0 Å². The molecule has 2 heterocycles. The Morgan fingerprint density at radius 1 is 1.20 bits per heavy atom. The standard InChI is InChI=1S/C21H24N2O2/c1-2-20(25)23-11-10-16-19(13-24)22-18-9-8-15(12-17(18)21(16)23)14-6-4-3-5-7-14/h3-9,12,16,19,21-22,24H,2,10-11,13H2,1H3/t16-,19-,21-/m0/s1. The molecule has 0 saturated carbocycles. The summed E-state index contributed by atoms with van der Waals surface area (Å²) in [6, 6.07) is 16.8. The number of rotatable bonds is 3. The van der Waals surface area contributed by atoms with Gasteiger partial charge in [0.15, 0.2) is 0 Å². The van der Waals surface area contributed by atoms with Gasteiger partial charge in [-0.05, 0) is 35.2 Å². The van der Waals surface area contributed by atoms with Gasteiger partial charge in [-0.15, -0.1) is 0 Å². The van der Waals surface area contributed by atoms with E-state index in [-0.39, 0.29) is 30.5 Å². The monoisotopic (exact) mass is 336 g/mol. The molecule has 2 aliphatic heterocycles. The molecule has 3 atom stereocenters. The van der Waals surface area contributed by atoms with Gasteiger partial charge in [0.25, 0.3) is 0 Å². The van der Waals surface area contributed by atoms with Crippen LogP contribution in [0, 0.1) is 5.92 Å². The highest BCUT2D eigenvalue weighted by Gasteiger charge is 2.45. The average molecular weight is 336 g/mol. The Kier molecular flexibility index (Phi) is 4.22. The topological polar surface area (TPSA) is 52.6 Å². The number of carbonyl (C=O) groups excluding carboxylic acids is 1. The van der Waals surface area contributed by atoms with Crippen molar-refractivity contribution >= 4 is 11.6 Å². The summed E-state index contributed by atoms with van der Waals surface area (Å²) in [4.78, 5) is 14.5. The van der Waals surface area contributed by atoms with E-state index in [4.69, 9.17) is 0 Å². The maximum Gasteiger partial charge on any atom is 0.222 e. The van der Waals surface area contributed by atoms with Crippen LogP contribution < -0.4 is 5.32 Å². The highest BCUT2D eigenvalue weighted by Crippen LogP contribution is 2.47. The highest BCUT2D eigenvalue weighted by molar-refractivity contribution is 5.78. The molecule has 2 aromatic carbocycles. The molecule has 1 amide bonds. The van der Waals surface area contributed by atoms with Crippen molar-refractivity contribution in [1.82, 2.24) is 4.90 Å². The number of aliphatic hydroxyl groups excluding tert-OH is 1. The summed E-state index contributed by atoms with van der Waals surface area (Å²) in [6.07, 6.45) is 1.46. The maximum atomic E-state index is 12.5. The van der Waals surface area contributed by atoms with E-state index in [9.17, 15) is 9.90 Å². The number of benzene rings is 2. The van der Waals surface area contributed by atoms with Gasteiger partial charge in [-0.25, -0.2) is 0 Å². The summed E-state index contributed by atoms with van der Waals surface area (Å²) in [5.41, 5.74) is 4.56. The lowest BCUT2D eigenvalue weighted by atomic mass is 9.82. The molecule has 0 aromatic heterocycles. The van der Waals surface area contributed by atoms with Crippen LogP contribution in [0.4, 0.5) is 5.69 Å². The molecular weight excluding hydrogens is 312 g/mol. The van der Waals surface area contributed by atoms with Crippen LogP contribution in [-0.2, 0) is 4.79 Å². The number of likely N-dealkylation sites (tertiary alicyclic amines) is 1.